The number of piperidine rings is 1. The van der Waals surface area contributed by atoms with Gasteiger partial charge in [-0.3, -0.25) is 0 Å². The molecule has 0 aromatic carbocycles. The molecule has 0 spiro atoms. The highest BCUT2D eigenvalue weighted by Crippen LogP contribution is 2.30. The molecule has 2 N–H and O–H groups in total. The van der Waals surface area contributed by atoms with Crippen LogP contribution in [0, 0.1) is 0 Å². The van der Waals surface area contributed by atoms with Crippen molar-refractivity contribution >= 4 is 12.1 Å². The van der Waals surface area contributed by atoms with Crippen molar-refractivity contribution in [2.24, 2.45) is 0 Å². The summed E-state index contributed by atoms with van der Waals surface area (Å²) in [6.07, 6.45) is 2.82. The lowest BCUT2D eigenvalue weighted by Crippen LogP contribution is -2.41. The Morgan fingerprint density at radius 2 is 1.95 bits per heavy atom. The van der Waals surface area contributed by atoms with Crippen LogP contribution in [0.4, 0.5) is 4.79 Å². The summed E-state index contributed by atoms with van der Waals surface area (Å²) >= 11 is 0. The SMILES string of the molecule is CC(C)(C)OC(=O)N1CCC(c2[nH]ccc2C(=O)O)CC1. The number of hydrogen-bond acceptors (Lipinski definition) is 3. The molecular weight excluding hydrogens is 272 g/mol. The van der Waals surface area contributed by atoms with Gasteiger partial charge in [0.1, 0.15) is 5.60 Å². The molecule has 1 fully saturated rings. The lowest BCUT2D eigenvalue weighted by atomic mass is 9.91. The van der Waals surface area contributed by atoms with E-state index in [1.165, 1.54) is 0 Å². The number of rotatable bonds is 2. The molecule has 21 heavy (non-hydrogen) atoms. The van der Waals surface area contributed by atoms with Crippen molar-refractivity contribution in [1.82, 2.24) is 9.88 Å². The van der Waals surface area contributed by atoms with E-state index in [0.717, 1.165) is 18.5 Å². The summed E-state index contributed by atoms with van der Waals surface area (Å²) in [5.41, 5.74) is 0.584. The molecule has 1 aliphatic heterocycles. The van der Waals surface area contributed by atoms with Crippen molar-refractivity contribution in [2.75, 3.05) is 13.1 Å². The molecule has 1 amide bonds. The number of aromatic amines is 1. The summed E-state index contributed by atoms with van der Waals surface area (Å²) in [4.78, 5) is 27.8. The zero-order valence-corrected chi connectivity index (χ0v) is 12.7. The minimum absolute atomic E-state index is 0.143. The standard InChI is InChI=1S/C15H22N2O4/c1-15(2,3)21-14(20)17-8-5-10(6-9-17)12-11(13(18)19)4-7-16-12/h4,7,10,16H,5-6,8-9H2,1-3H3,(H,18,19). The molecule has 0 unspecified atom stereocenters. The summed E-state index contributed by atoms with van der Waals surface area (Å²) in [5, 5.41) is 9.15. The van der Waals surface area contributed by atoms with Crippen molar-refractivity contribution < 1.29 is 19.4 Å². The van der Waals surface area contributed by atoms with Gasteiger partial charge in [-0.1, -0.05) is 0 Å². The van der Waals surface area contributed by atoms with Gasteiger partial charge in [-0.15, -0.1) is 0 Å². The Hall–Kier alpha value is -1.98. The van der Waals surface area contributed by atoms with Gasteiger partial charge in [0.15, 0.2) is 0 Å². The van der Waals surface area contributed by atoms with Gasteiger partial charge in [0.05, 0.1) is 5.56 Å². The Morgan fingerprint density at radius 3 is 2.48 bits per heavy atom. The lowest BCUT2D eigenvalue weighted by Gasteiger charge is -2.33. The molecule has 2 rings (SSSR count). The third-order valence-corrected chi connectivity index (χ3v) is 3.56. The highest BCUT2D eigenvalue weighted by Gasteiger charge is 2.29. The van der Waals surface area contributed by atoms with Crippen molar-refractivity contribution in [3.63, 3.8) is 0 Å². The fourth-order valence-corrected chi connectivity index (χ4v) is 2.58. The first-order valence-corrected chi connectivity index (χ1v) is 7.16. The van der Waals surface area contributed by atoms with Crippen LogP contribution in [0.1, 0.15) is 55.6 Å². The number of likely N-dealkylation sites (tertiary alicyclic amines) is 1. The highest BCUT2D eigenvalue weighted by molar-refractivity contribution is 5.89. The van der Waals surface area contributed by atoms with E-state index in [2.05, 4.69) is 4.98 Å². The molecule has 1 aromatic rings. The van der Waals surface area contributed by atoms with E-state index >= 15 is 0 Å². The first-order chi connectivity index (χ1) is 9.78. The minimum atomic E-state index is -0.916. The molecular formula is C15H22N2O4. The smallest absolute Gasteiger partial charge is 0.410 e. The van der Waals surface area contributed by atoms with Crippen LogP contribution in [-0.2, 0) is 4.74 Å². The summed E-state index contributed by atoms with van der Waals surface area (Å²) in [6, 6.07) is 1.58. The average Bonchev–Trinajstić information content (AvgIpc) is 2.86. The van der Waals surface area contributed by atoms with Gasteiger partial charge in [0, 0.05) is 30.9 Å². The number of nitrogens with one attached hydrogen (secondary N) is 1. The molecule has 1 aromatic heterocycles. The molecule has 1 aliphatic rings. The molecule has 0 radical (unpaired) electrons. The first-order valence-electron chi connectivity index (χ1n) is 7.16. The van der Waals surface area contributed by atoms with Crippen LogP contribution in [0.2, 0.25) is 0 Å². The van der Waals surface area contributed by atoms with Gasteiger partial charge in [-0.2, -0.15) is 0 Å². The van der Waals surface area contributed by atoms with E-state index in [9.17, 15) is 9.59 Å². The molecule has 116 valence electrons. The maximum Gasteiger partial charge on any atom is 0.410 e. The third kappa shape index (κ3) is 3.77. The molecule has 0 saturated carbocycles. The number of amides is 1. The maximum atomic E-state index is 12.0. The van der Waals surface area contributed by atoms with Gasteiger partial charge in [0.2, 0.25) is 0 Å². The monoisotopic (exact) mass is 294 g/mol. The van der Waals surface area contributed by atoms with Crippen LogP contribution in [0.15, 0.2) is 12.3 Å². The third-order valence-electron chi connectivity index (χ3n) is 3.56. The van der Waals surface area contributed by atoms with E-state index in [4.69, 9.17) is 9.84 Å². The Morgan fingerprint density at radius 1 is 1.33 bits per heavy atom. The summed E-state index contributed by atoms with van der Waals surface area (Å²) < 4.78 is 5.35. The number of carboxylic acids is 1. The van der Waals surface area contributed by atoms with E-state index in [1.807, 2.05) is 20.8 Å². The second kappa shape index (κ2) is 5.79. The second-order valence-corrected chi connectivity index (χ2v) is 6.35. The Balaban J connectivity index is 1.96. The predicted octanol–water partition coefficient (Wildman–Crippen LogP) is 2.83. The van der Waals surface area contributed by atoms with Gasteiger partial charge in [0.25, 0.3) is 0 Å². The van der Waals surface area contributed by atoms with Gasteiger partial charge >= 0.3 is 12.1 Å². The first kappa shape index (κ1) is 15.4. The zero-order valence-electron chi connectivity index (χ0n) is 12.7. The summed E-state index contributed by atoms with van der Waals surface area (Å²) in [6.45, 7) is 6.69. The number of nitrogens with zero attached hydrogens (tertiary/aromatic N) is 1. The van der Waals surface area contributed by atoms with E-state index in [-0.39, 0.29) is 12.0 Å². The number of aromatic carboxylic acids is 1. The largest absolute Gasteiger partial charge is 0.478 e. The van der Waals surface area contributed by atoms with E-state index in [0.29, 0.717) is 18.7 Å². The fraction of sp³-hybridized carbons (Fsp3) is 0.600. The Kier molecular flexibility index (Phi) is 4.25. The van der Waals surface area contributed by atoms with Crippen LogP contribution >= 0.6 is 0 Å². The molecule has 2 heterocycles. The minimum Gasteiger partial charge on any atom is -0.478 e. The quantitative estimate of drug-likeness (QED) is 0.878. The van der Waals surface area contributed by atoms with Crippen molar-refractivity contribution in [3.8, 4) is 0 Å². The number of aromatic nitrogens is 1. The van der Waals surface area contributed by atoms with Crippen LogP contribution < -0.4 is 0 Å². The number of H-pyrrole nitrogens is 1. The molecule has 6 heteroatoms. The normalized spacial score (nSPS) is 16.8. The molecule has 1 saturated heterocycles. The molecule has 0 atom stereocenters. The van der Waals surface area contributed by atoms with Crippen LogP contribution in [-0.4, -0.2) is 45.7 Å². The fourth-order valence-electron chi connectivity index (χ4n) is 2.58. The summed E-state index contributed by atoms with van der Waals surface area (Å²) in [7, 11) is 0. The number of carbonyl (C=O) groups excluding carboxylic acids is 1. The number of carbonyl (C=O) groups is 2. The molecule has 0 bridgehead atoms. The van der Waals surface area contributed by atoms with Crippen molar-refractivity contribution in [1.29, 1.82) is 0 Å². The molecule has 0 aliphatic carbocycles. The number of hydrogen-bond donors (Lipinski definition) is 2. The van der Waals surface area contributed by atoms with E-state index < -0.39 is 11.6 Å². The van der Waals surface area contributed by atoms with Crippen LogP contribution in [0.3, 0.4) is 0 Å². The molecule has 6 nitrogen and oxygen atoms in total. The van der Waals surface area contributed by atoms with Crippen molar-refractivity contribution in [3.05, 3.63) is 23.5 Å². The van der Waals surface area contributed by atoms with Crippen LogP contribution in [0.5, 0.6) is 0 Å². The second-order valence-electron chi connectivity index (χ2n) is 6.35. The number of ether oxygens (including phenoxy) is 1. The highest BCUT2D eigenvalue weighted by atomic mass is 16.6. The van der Waals surface area contributed by atoms with Crippen LogP contribution in [0.25, 0.3) is 0 Å². The predicted molar refractivity (Wildman–Crippen MR) is 77.5 cm³/mol. The summed E-state index contributed by atoms with van der Waals surface area (Å²) in [5.74, 6) is -0.773. The Bertz CT molecular complexity index is 522. The van der Waals surface area contributed by atoms with Gasteiger partial charge in [-0.05, 0) is 39.7 Å². The van der Waals surface area contributed by atoms with E-state index in [1.54, 1.807) is 17.2 Å². The zero-order chi connectivity index (χ0) is 15.6. The average molecular weight is 294 g/mol. The van der Waals surface area contributed by atoms with Gasteiger partial charge in [-0.25, -0.2) is 9.59 Å². The maximum absolute atomic E-state index is 12.0. The lowest BCUT2D eigenvalue weighted by molar-refractivity contribution is 0.0203. The van der Waals surface area contributed by atoms with Gasteiger partial charge < -0.3 is 19.7 Å². The number of carboxylic acid groups (broad SMARTS) is 1. The van der Waals surface area contributed by atoms with Crippen molar-refractivity contribution in [2.45, 2.75) is 45.1 Å². The topological polar surface area (TPSA) is 82.6 Å². The Labute approximate surface area is 124 Å².